The van der Waals surface area contributed by atoms with Gasteiger partial charge in [0.25, 0.3) is 0 Å². The maximum absolute atomic E-state index is 13.1. The molecule has 1 amide bonds. The minimum Gasteiger partial charge on any atom is -0.326 e. The molecule has 1 fully saturated rings. The molecule has 4 rings (SSSR count). The van der Waals surface area contributed by atoms with Gasteiger partial charge in [0, 0.05) is 37.4 Å². The van der Waals surface area contributed by atoms with Gasteiger partial charge in [0.05, 0.1) is 21.4 Å². The predicted octanol–water partition coefficient (Wildman–Crippen LogP) is 2.77. The van der Waals surface area contributed by atoms with Crippen LogP contribution in [0.25, 0.3) is 10.2 Å². The predicted molar refractivity (Wildman–Crippen MR) is 112 cm³/mol. The lowest BCUT2D eigenvalue weighted by molar-refractivity contribution is -0.121. The quantitative estimate of drug-likeness (QED) is 0.682. The van der Waals surface area contributed by atoms with Crippen LogP contribution in [0.4, 0.5) is 5.69 Å². The zero-order chi connectivity index (χ0) is 20.8. The number of hydrogen-bond donors (Lipinski definition) is 1. The Morgan fingerprint density at radius 2 is 2.14 bits per heavy atom. The van der Waals surface area contributed by atoms with Crippen molar-refractivity contribution in [3.63, 3.8) is 0 Å². The number of carbonyl (C=O) groups is 1. The Hall–Kier alpha value is -2.30. The second-order valence-electron chi connectivity index (χ2n) is 7.46. The maximum Gasteiger partial charge on any atom is 0.246 e. The normalized spacial score (nSPS) is 20.8. The highest BCUT2D eigenvalue weighted by molar-refractivity contribution is 7.89. The van der Waals surface area contributed by atoms with Crippen LogP contribution in [0.1, 0.15) is 25.5 Å². The third kappa shape index (κ3) is 3.79. The van der Waals surface area contributed by atoms with Crippen molar-refractivity contribution in [2.75, 3.05) is 11.9 Å². The van der Waals surface area contributed by atoms with Gasteiger partial charge in [-0.2, -0.15) is 9.40 Å². The van der Waals surface area contributed by atoms with Gasteiger partial charge in [0.15, 0.2) is 0 Å². The molecule has 2 aromatic heterocycles. The number of thiazole rings is 1. The molecule has 0 saturated carbocycles. The monoisotopic (exact) mass is 433 g/mol. The molecule has 1 aromatic carbocycles. The first-order valence-electron chi connectivity index (χ1n) is 9.42. The average molecular weight is 434 g/mol. The molecule has 1 aliphatic heterocycles. The summed E-state index contributed by atoms with van der Waals surface area (Å²) in [4.78, 5) is 17.3. The number of anilines is 1. The number of aryl methyl sites for hydroxylation is 2. The molecule has 154 valence electrons. The van der Waals surface area contributed by atoms with Crippen molar-refractivity contribution in [1.29, 1.82) is 0 Å². The summed E-state index contributed by atoms with van der Waals surface area (Å²) in [5.74, 6) is -0.321. The fourth-order valence-electron chi connectivity index (χ4n) is 3.88. The molecule has 8 nitrogen and oxygen atoms in total. The Kier molecular flexibility index (Phi) is 5.18. The summed E-state index contributed by atoms with van der Waals surface area (Å²) >= 11 is 1.55. The lowest BCUT2D eigenvalue weighted by Gasteiger charge is -2.35. The van der Waals surface area contributed by atoms with E-state index in [1.165, 1.54) is 15.2 Å². The number of sulfonamides is 1. The number of fused-ring (bicyclic) bond motifs is 1. The topological polar surface area (TPSA) is 97.2 Å². The Labute approximate surface area is 173 Å². The van der Waals surface area contributed by atoms with Crippen LogP contribution in [-0.4, -0.2) is 46.0 Å². The van der Waals surface area contributed by atoms with Gasteiger partial charge in [0.2, 0.25) is 15.9 Å². The van der Waals surface area contributed by atoms with E-state index in [1.54, 1.807) is 30.8 Å². The molecule has 10 heteroatoms. The van der Waals surface area contributed by atoms with Gasteiger partial charge in [-0.05, 0) is 44.9 Å². The summed E-state index contributed by atoms with van der Waals surface area (Å²) in [6.45, 7) is 3.85. The van der Waals surface area contributed by atoms with E-state index in [1.807, 2.05) is 25.1 Å². The first-order chi connectivity index (χ1) is 13.8. The largest absolute Gasteiger partial charge is 0.326 e. The molecule has 1 N–H and O–H groups in total. The molecule has 0 aliphatic carbocycles. The van der Waals surface area contributed by atoms with Crippen LogP contribution in [0.2, 0.25) is 0 Å². The molecule has 3 heterocycles. The number of carbonyl (C=O) groups excluding carboxylic acids is 1. The van der Waals surface area contributed by atoms with Crippen molar-refractivity contribution in [2.24, 2.45) is 13.0 Å². The first kappa shape index (κ1) is 20.0. The zero-order valence-corrected chi connectivity index (χ0v) is 18.1. The molecule has 0 unspecified atom stereocenters. The van der Waals surface area contributed by atoms with Crippen LogP contribution in [0.3, 0.4) is 0 Å². The Morgan fingerprint density at radius 3 is 2.83 bits per heavy atom. The van der Waals surface area contributed by atoms with Gasteiger partial charge < -0.3 is 5.32 Å². The van der Waals surface area contributed by atoms with Crippen molar-refractivity contribution in [3.8, 4) is 0 Å². The van der Waals surface area contributed by atoms with Crippen molar-refractivity contribution in [1.82, 2.24) is 19.1 Å². The molecule has 1 aliphatic rings. The van der Waals surface area contributed by atoms with E-state index < -0.39 is 10.0 Å². The molecule has 29 heavy (non-hydrogen) atoms. The molecule has 1 saturated heterocycles. The van der Waals surface area contributed by atoms with E-state index >= 15 is 0 Å². The molecule has 3 aromatic rings. The lowest BCUT2D eigenvalue weighted by atomic mass is 9.92. The summed E-state index contributed by atoms with van der Waals surface area (Å²) in [6.07, 6.45) is 2.49. The van der Waals surface area contributed by atoms with Crippen LogP contribution in [0.5, 0.6) is 0 Å². The van der Waals surface area contributed by atoms with Crippen LogP contribution in [-0.2, 0) is 21.9 Å². The molecule has 0 radical (unpaired) electrons. The Bertz CT molecular complexity index is 1170. The van der Waals surface area contributed by atoms with E-state index in [-0.39, 0.29) is 22.8 Å². The second kappa shape index (κ2) is 7.51. The van der Waals surface area contributed by atoms with Gasteiger partial charge in [-0.15, -0.1) is 11.3 Å². The number of hydrogen-bond acceptors (Lipinski definition) is 6. The van der Waals surface area contributed by atoms with Crippen molar-refractivity contribution in [3.05, 3.63) is 35.6 Å². The molecular formula is C19H23N5O3S2. The van der Waals surface area contributed by atoms with Gasteiger partial charge in [-0.3, -0.25) is 9.48 Å². The first-order valence-corrected chi connectivity index (χ1v) is 11.7. The van der Waals surface area contributed by atoms with Gasteiger partial charge in [-0.1, -0.05) is 0 Å². The zero-order valence-electron chi connectivity index (χ0n) is 16.5. The van der Waals surface area contributed by atoms with Crippen LogP contribution >= 0.6 is 11.3 Å². The number of benzene rings is 1. The molecule has 0 spiro atoms. The van der Waals surface area contributed by atoms with Crippen molar-refractivity contribution < 1.29 is 13.2 Å². The van der Waals surface area contributed by atoms with Crippen molar-refractivity contribution in [2.45, 2.75) is 37.6 Å². The second-order valence-corrected chi connectivity index (χ2v) is 10.2. The van der Waals surface area contributed by atoms with Crippen molar-refractivity contribution >= 4 is 43.2 Å². The number of aromatic nitrogens is 3. The fourth-order valence-corrected chi connectivity index (χ4v) is 6.40. The number of piperidine rings is 1. The maximum atomic E-state index is 13.1. The van der Waals surface area contributed by atoms with E-state index in [0.717, 1.165) is 10.2 Å². The molecular weight excluding hydrogens is 410 g/mol. The minimum absolute atomic E-state index is 0.0824. The third-order valence-electron chi connectivity index (χ3n) is 5.34. The fraction of sp³-hybridized carbons (Fsp3) is 0.421. The summed E-state index contributed by atoms with van der Waals surface area (Å²) in [5, 5.41) is 7.10. The Morgan fingerprint density at radius 1 is 1.34 bits per heavy atom. The van der Waals surface area contributed by atoms with Gasteiger partial charge in [-0.25, -0.2) is 13.4 Å². The van der Waals surface area contributed by atoms with Crippen LogP contribution in [0.15, 0.2) is 34.8 Å². The SMILES string of the molecule is Cc1nn(C)cc1S(=O)(=O)N1CC[C@@H](C(=O)Nc2ccc3scnc3c2)C[C@H]1C. The van der Waals surface area contributed by atoms with Gasteiger partial charge >= 0.3 is 0 Å². The third-order valence-corrected chi connectivity index (χ3v) is 8.27. The number of amides is 1. The average Bonchev–Trinajstić information content (AvgIpc) is 3.26. The number of nitrogens with zero attached hydrogens (tertiary/aromatic N) is 4. The van der Waals surface area contributed by atoms with Crippen LogP contribution < -0.4 is 5.32 Å². The molecule has 2 atom stereocenters. The number of nitrogens with one attached hydrogen (secondary N) is 1. The summed E-state index contributed by atoms with van der Waals surface area (Å²) in [5.41, 5.74) is 3.82. The summed E-state index contributed by atoms with van der Waals surface area (Å²) < 4.78 is 30.2. The van der Waals surface area contributed by atoms with Gasteiger partial charge in [0.1, 0.15) is 4.90 Å². The highest BCUT2D eigenvalue weighted by Gasteiger charge is 2.38. The standard InChI is InChI=1S/C19H23N5O3S2/c1-12-8-14(19(25)21-15-4-5-17-16(9-15)20-11-28-17)6-7-24(12)29(26,27)18-10-23(3)22-13(18)2/h4-5,9-12,14H,6-8H2,1-3H3,(H,21,25)/t12-,14-/m1/s1. The van der Waals surface area contributed by atoms with E-state index in [0.29, 0.717) is 30.8 Å². The summed E-state index contributed by atoms with van der Waals surface area (Å²) in [6, 6.07) is 5.39. The highest BCUT2D eigenvalue weighted by atomic mass is 32.2. The number of rotatable bonds is 4. The molecule has 0 bridgehead atoms. The van der Waals surface area contributed by atoms with E-state index in [4.69, 9.17) is 0 Å². The minimum atomic E-state index is -3.64. The van der Waals surface area contributed by atoms with Crippen LogP contribution in [0, 0.1) is 12.8 Å². The highest BCUT2D eigenvalue weighted by Crippen LogP contribution is 2.30. The summed E-state index contributed by atoms with van der Waals surface area (Å²) in [7, 11) is -1.93. The Balaban J connectivity index is 1.45. The lowest BCUT2D eigenvalue weighted by Crippen LogP contribution is -2.46. The van der Waals surface area contributed by atoms with E-state index in [9.17, 15) is 13.2 Å². The van der Waals surface area contributed by atoms with E-state index in [2.05, 4.69) is 15.4 Å². The smallest absolute Gasteiger partial charge is 0.246 e.